The van der Waals surface area contributed by atoms with Gasteiger partial charge in [-0.05, 0) is 31.9 Å². The van der Waals surface area contributed by atoms with Crippen molar-refractivity contribution in [1.29, 1.82) is 0 Å². The van der Waals surface area contributed by atoms with Crippen molar-refractivity contribution in [3.63, 3.8) is 0 Å². The minimum absolute atomic E-state index is 0. The number of aryl methyl sites for hydroxylation is 1. The zero-order valence-electron chi connectivity index (χ0n) is 16.2. The molecule has 0 saturated carbocycles. The Morgan fingerprint density at radius 1 is 1.26 bits per heavy atom. The summed E-state index contributed by atoms with van der Waals surface area (Å²) < 4.78 is 10.7. The van der Waals surface area contributed by atoms with E-state index in [1.54, 1.807) is 17.6 Å². The van der Waals surface area contributed by atoms with Crippen molar-refractivity contribution in [1.82, 2.24) is 15.6 Å². The number of thiazole rings is 1. The molecule has 0 aromatic carbocycles. The van der Waals surface area contributed by atoms with E-state index in [1.807, 2.05) is 25.3 Å². The third-order valence-corrected chi connectivity index (χ3v) is 4.95. The lowest BCUT2D eigenvalue weighted by atomic mass is 10.3. The summed E-state index contributed by atoms with van der Waals surface area (Å²) in [6.07, 6.45) is 7.39. The molecule has 2 aromatic heterocycles. The van der Waals surface area contributed by atoms with Crippen molar-refractivity contribution >= 4 is 41.3 Å². The number of aliphatic imine (C=N–C) groups is 1. The molecule has 0 amide bonds. The number of nitrogens with zero attached hydrogens (tertiary/aromatic N) is 2. The van der Waals surface area contributed by atoms with Crippen molar-refractivity contribution in [3.8, 4) is 0 Å². The van der Waals surface area contributed by atoms with E-state index in [2.05, 4.69) is 27.5 Å². The van der Waals surface area contributed by atoms with Crippen LogP contribution in [0.25, 0.3) is 0 Å². The van der Waals surface area contributed by atoms with Gasteiger partial charge < -0.3 is 19.8 Å². The van der Waals surface area contributed by atoms with Crippen molar-refractivity contribution in [2.45, 2.75) is 39.5 Å². The fraction of sp³-hybridized carbons (Fsp3) is 0.579. The highest BCUT2D eigenvalue weighted by Crippen LogP contribution is 2.13. The first-order valence-corrected chi connectivity index (χ1v) is 10.2. The largest absolute Gasteiger partial charge is 0.469 e. The standard InChI is InChI=1S/C19H30N4O2S.HI/c1-3-17-15-23-18(26-17)9-12-22-19(20-10-6-13-24-4-2)21-11-8-16-7-5-14-25-16;/h5,7,14-15H,3-4,6,8-13H2,1-2H3,(H2,20,21,22);1H. The van der Waals surface area contributed by atoms with Gasteiger partial charge in [-0.25, -0.2) is 4.98 Å². The second-order valence-corrected chi connectivity index (χ2v) is 6.99. The topological polar surface area (TPSA) is 71.7 Å². The second-order valence-electron chi connectivity index (χ2n) is 5.79. The van der Waals surface area contributed by atoms with Crippen molar-refractivity contribution in [2.75, 3.05) is 32.8 Å². The summed E-state index contributed by atoms with van der Waals surface area (Å²) >= 11 is 1.79. The van der Waals surface area contributed by atoms with E-state index in [1.165, 1.54) is 9.88 Å². The molecule has 0 atom stereocenters. The molecule has 2 rings (SSSR count). The average Bonchev–Trinajstić information content (AvgIpc) is 3.32. The van der Waals surface area contributed by atoms with Gasteiger partial charge in [-0.15, -0.1) is 35.3 Å². The van der Waals surface area contributed by atoms with E-state index in [0.29, 0.717) is 0 Å². The molecule has 0 fully saturated rings. The molecule has 0 aliphatic heterocycles. The van der Waals surface area contributed by atoms with Crippen LogP contribution in [-0.2, 0) is 24.0 Å². The van der Waals surface area contributed by atoms with Crippen LogP contribution in [0.5, 0.6) is 0 Å². The van der Waals surface area contributed by atoms with Crippen molar-refractivity contribution in [2.24, 2.45) is 4.99 Å². The first kappa shape index (κ1) is 23.9. The monoisotopic (exact) mass is 506 g/mol. The van der Waals surface area contributed by atoms with Gasteiger partial charge in [0, 0.05) is 56.8 Å². The Morgan fingerprint density at radius 2 is 2.07 bits per heavy atom. The Labute approximate surface area is 183 Å². The van der Waals surface area contributed by atoms with Gasteiger partial charge in [0.25, 0.3) is 0 Å². The Balaban J connectivity index is 0.00000364. The van der Waals surface area contributed by atoms with Crippen LogP contribution in [0.4, 0.5) is 0 Å². The molecule has 2 aromatic rings. The number of rotatable bonds is 12. The van der Waals surface area contributed by atoms with Gasteiger partial charge in [-0.2, -0.15) is 0 Å². The number of furan rings is 1. The molecule has 0 saturated heterocycles. The maximum absolute atomic E-state index is 5.37. The zero-order valence-corrected chi connectivity index (χ0v) is 19.3. The SMILES string of the molecule is CCOCCCN=C(NCCc1ccco1)NCCc1ncc(CC)s1.I. The van der Waals surface area contributed by atoms with Crippen LogP contribution >= 0.6 is 35.3 Å². The summed E-state index contributed by atoms with van der Waals surface area (Å²) in [5.74, 6) is 1.81. The highest BCUT2D eigenvalue weighted by molar-refractivity contribution is 14.0. The molecule has 0 spiro atoms. The van der Waals surface area contributed by atoms with Crippen LogP contribution in [0, 0.1) is 0 Å². The van der Waals surface area contributed by atoms with Gasteiger partial charge in [0.05, 0.1) is 11.3 Å². The van der Waals surface area contributed by atoms with E-state index in [9.17, 15) is 0 Å². The van der Waals surface area contributed by atoms with E-state index in [-0.39, 0.29) is 24.0 Å². The molecule has 2 N–H and O–H groups in total. The summed E-state index contributed by atoms with van der Waals surface area (Å²) in [6.45, 7) is 8.01. The summed E-state index contributed by atoms with van der Waals surface area (Å²) in [5, 5.41) is 7.94. The first-order chi connectivity index (χ1) is 12.8. The van der Waals surface area contributed by atoms with Crippen LogP contribution in [0.1, 0.15) is 35.9 Å². The quantitative estimate of drug-likeness (QED) is 0.199. The third kappa shape index (κ3) is 10.1. The molecule has 152 valence electrons. The number of ether oxygens (including phenoxy) is 1. The summed E-state index contributed by atoms with van der Waals surface area (Å²) in [7, 11) is 0. The number of guanidine groups is 1. The summed E-state index contributed by atoms with van der Waals surface area (Å²) in [5.41, 5.74) is 0. The van der Waals surface area contributed by atoms with Gasteiger partial charge in [0.2, 0.25) is 0 Å². The third-order valence-electron chi connectivity index (χ3n) is 3.75. The summed E-state index contributed by atoms with van der Waals surface area (Å²) in [6, 6.07) is 3.90. The van der Waals surface area contributed by atoms with Crippen LogP contribution in [-0.4, -0.2) is 43.8 Å². The molecule has 0 bridgehead atoms. The van der Waals surface area contributed by atoms with E-state index in [4.69, 9.17) is 9.15 Å². The molecule has 8 heteroatoms. The van der Waals surface area contributed by atoms with Crippen LogP contribution in [0.15, 0.2) is 34.0 Å². The van der Waals surface area contributed by atoms with Crippen LogP contribution in [0.3, 0.4) is 0 Å². The Kier molecular flexibility index (Phi) is 13.2. The lowest BCUT2D eigenvalue weighted by molar-refractivity contribution is 0.146. The van der Waals surface area contributed by atoms with Crippen molar-refractivity contribution in [3.05, 3.63) is 40.2 Å². The predicted octanol–water partition coefficient (Wildman–Crippen LogP) is 3.66. The Morgan fingerprint density at radius 3 is 2.74 bits per heavy atom. The number of hydrogen-bond acceptors (Lipinski definition) is 5. The molecule has 6 nitrogen and oxygen atoms in total. The number of hydrogen-bond donors (Lipinski definition) is 2. The summed E-state index contributed by atoms with van der Waals surface area (Å²) in [4.78, 5) is 10.4. The fourth-order valence-corrected chi connectivity index (χ4v) is 3.21. The fourth-order valence-electron chi connectivity index (χ4n) is 2.35. The van der Waals surface area contributed by atoms with Gasteiger partial charge in [0.15, 0.2) is 5.96 Å². The highest BCUT2D eigenvalue weighted by atomic mass is 127. The maximum atomic E-state index is 5.37. The van der Waals surface area contributed by atoms with Crippen LogP contribution in [0.2, 0.25) is 0 Å². The van der Waals surface area contributed by atoms with Crippen molar-refractivity contribution < 1.29 is 9.15 Å². The average molecular weight is 506 g/mol. The maximum Gasteiger partial charge on any atom is 0.191 e. The smallest absolute Gasteiger partial charge is 0.191 e. The Hall–Kier alpha value is -1.13. The lowest BCUT2D eigenvalue weighted by Gasteiger charge is -2.12. The van der Waals surface area contributed by atoms with Gasteiger partial charge in [0.1, 0.15) is 5.76 Å². The van der Waals surface area contributed by atoms with Gasteiger partial charge in [-0.3, -0.25) is 4.99 Å². The molecule has 0 radical (unpaired) electrons. The normalized spacial score (nSPS) is 11.3. The first-order valence-electron chi connectivity index (χ1n) is 9.37. The molecule has 0 aliphatic carbocycles. The molecule has 27 heavy (non-hydrogen) atoms. The molecular weight excluding hydrogens is 475 g/mol. The molecule has 0 unspecified atom stereocenters. The minimum atomic E-state index is 0. The molecular formula is C19H31IN4O2S. The second kappa shape index (κ2) is 14.9. The molecule has 2 heterocycles. The molecule has 0 aliphatic rings. The zero-order chi connectivity index (χ0) is 18.5. The van der Waals surface area contributed by atoms with Gasteiger partial charge >= 0.3 is 0 Å². The number of aromatic nitrogens is 1. The van der Waals surface area contributed by atoms with Crippen LogP contribution < -0.4 is 10.6 Å². The number of halogens is 1. The van der Waals surface area contributed by atoms with E-state index >= 15 is 0 Å². The minimum Gasteiger partial charge on any atom is -0.469 e. The predicted molar refractivity (Wildman–Crippen MR) is 122 cm³/mol. The van der Waals surface area contributed by atoms with E-state index < -0.39 is 0 Å². The lowest BCUT2D eigenvalue weighted by Crippen LogP contribution is -2.39. The highest BCUT2D eigenvalue weighted by Gasteiger charge is 2.03. The Bertz CT molecular complexity index is 631. The number of nitrogens with one attached hydrogen (secondary N) is 2. The van der Waals surface area contributed by atoms with E-state index in [0.717, 1.165) is 70.3 Å². The van der Waals surface area contributed by atoms with Gasteiger partial charge in [-0.1, -0.05) is 6.92 Å².